The Bertz CT molecular complexity index is 1060. The van der Waals surface area contributed by atoms with Gasteiger partial charge in [-0.25, -0.2) is 0 Å². The fourth-order valence-corrected chi connectivity index (χ4v) is 5.56. The van der Waals surface area contributed by atoms with E-state index in [4.69, 9.17) is 18.9 Å². The molecule has 0 saturated carbocycles. The van der Waals surface area contributed by atoms with Gasteiger partial charge in [-0.05, 0) is 50.3 Å². The summed E-state index contributed by atoms with van der Waals surface area (Å²) >= 11 is 0. The number of rotatable bonds is 16. The number of epoxide rings is 1. The monoisotopic (exact) mass is 572 g/mol. The minimum atomic E-state index is -0.854. The average molecular weight is 573 g/mol. The number of hydrogen-bond acceptors (Lipinski definition) is 9. The number of hydrogen-bond donors (Lipinski definition) is 1. The summed E-state index contributed by atoms with van der Waals surface area (Å²) in [7, 11) is 1.58. The van der Waals surface area contributed by atoms with Crippen LogP contribution in [0, 0.1) is 11.8 Å². The van der Waals surface area contributed by atoms with Gasteiger partial charge in [0.2, 0.25) is 5.91 Å². The van der Waals surface area contributed by atoms with Gasteiger partial charge in [0.15, 0.2) is 11.6 Å². The van der Waals surface area contributed by atoms with Gasteiger partial charge in [-0.3, -0.25) is 24.1 Å². The van der Waals surface area contributed by atoms with Crippen molar-refractivity contribution in [3.63, 3.8) is 0 Å². The van der Waals surface area contributed by atoms with Gasteiger partial charge in [0, 0.05) is 44.4 Å². The van der Waals surface area contributed by atoms with E-state index < -0.39 is 23.5 Å². The molecule has 0 aromatic heterocycles. The Labute approximate surface area is 242 Å². The Balaban J connectivity index is 1.43. The number of amides is 1. The Morgan fingerprint density at radius 2 is 1.80 bits per heavy atom. The lowest BCUT2D eigenvalue weighted by molar-refractivity contribution is -0.135. The lowest BCUT2D eigenvalue weighted by atomic mass is 9.83. The molecule has 3 fully saturated rings. The maximum absolute atomic E-state index is 13.8. The average Bonchev–Trinajstić information content (AvgIpc) is 3.51. The number of carbonyl (C=O) groups is 4. The number of nitrogens with one attached hydrogen (secondary N) is 1. The van der Waals surface area contributed by atoms with Crippen LogP contribution in [0.4, 0.5) is 0 Å². The van der Waals surface area contributed by atoms with E-state index >= 15 is 0 Å². The van der Waals surface area contributed by atoms with E-state index in [2.05, 4.69) is 5.32 Å². The Morgan fingerprint density at radius 1 is 1.10 bits per heavy atom. The summed E-state index contributed by atoms with van der Waals surface area (Å²) in [6.45, 7) is 7.34. The van der Waals surface area contributed by atoms with E-state index in [1.807, 2.05) is 17.0 Å². The SMILES string of the molecule is COc1ccc(C[C@H](NC(=O)[C@H](C)CC(=O)CN2CCOCC2)C(=O)C[C@@H](CC2CCCO2)C(=O)[C@@]2(C)CO2)cc1. The molecule has 0 aliphatic carbocycles. The van der Waals surface area contributed by atoms with Crippen LogP contribution in [0.1, 0.15) is 51.5 Å². The van der Waals surface area contributed by atoms with Crippen molar-refractivity contribution in [3.8, 4) is 5.75 Å². The Hall–Kier alpha value is -2.66. The second kappa shape index (κ2) is 14.5. The highest BCUT2D eigenvalue weighted by atomic mass is 16.6. The first-order chi connectivity index (χ1) is 19.7. The largest absolute Gasteiger partial charge is 0.497 e. The number of Topliss-reactive ketones (excluding diaryl/α,β-unsaturated/α-hetero) is 3. The van der Waals surface area contributed by atoms with Crippen LogP contribution >= 0.6 is 0 Å². The standard InChI is InChI=1S/C31H44N2O8/c1-21(15-24(34)19-33-10-13-39-14-11-33)30(37)32-27(16-22-6-8-25(38-3)9-7-22)28(35)18-23(17-26-5-4-12-40-26)29(36)31(2)20-41-31/h6-9,21,23,26-27H,4-5,10-20H2,1-3H3,(H,32,37)/t21-,23-,26?,27+,31-/m1/s1. The van der Waals surface area contributed by atoms with Crippen LogP contribution in [0.3, 0.4) is 0 Å². The third-order valence-corrected chi connectivity index (χ3v) is 8.28. The molecule has 3 heterocycles. The second-order valence-electron chi connectivity index (χ2n) is 11.8. The maximum atomic E-state index is 13.8. The van der Waals surface area contributed by atoms with Crippen molar-refractivity contribution in [2.45, 2.75) is 70.1 Å². The molecule has 41 heavy (non-hydrogen) atoms. The van der Waals surface area contributed by atoms with E-state index in [1.54, 1.807) is 33.1 Å². The van der Waals surface area contributed by atoms with E-state index in [9.17, 15) is 19.2 Å². The van der Waals surface area contributed by atoms with Gasteiger partial charge in [0.05, 0.1) is 45.6 Å². The van der Waals surface area contributed by atoms with Crippen LogP contribution in [0.15, 0.2) is 24.3 Å². The summed E-state index contributed by atoms with van der Waals surface area (Å²) in [4.78, 5) is 55.1. The highest BCUT2D eigenvalue weighted by Crippen LogP contribution is 2.34. The van der Waals surface area contributed by atoms with Crippen LogP contribution < -0.4 is 10.1 Å². The number of nitrogens with zero attached hydrogens (tertiary/aromatic N) is 1. The normalized spacial score (nSPS) is 24.7. The molecule has 10 nitrogen and oxygen atoms in total. The van der Waals surface area contributed by atoms with Gasteiger partial charge in [0.1, 0.15) is 17.1 Å². The second-order valence-corrected chi connectivity index (χ2v) is 11.8. The van der Waals surface area contributed by atoms with E-state index in [0.717, 1.165) is 18.4 Å². The lowest BCUT2D eigenvalue weighted by Crippen LogP contribution is -2.46. The van der Waals surface area contributed by atoms with Crippen molar-refractivity contribution in [2.75, 3.05) is 53.2 Å². The van der Waals surface area contributed by atoms with Crippen molar-refractivity contribution < 1.29 is 38.1 Å². The number of ketones is 3. The molecular weight excluding hydrogens is 528 g/mol. The third kappa shape index (κ3) is 9.16. The highest BCUT2D eigenvalue weighted by Gasteiger charge is 2.50. The van der Waals surface area contributed by atoms with Gasteiger partial charge in [-0.15, -0.1) is 0 Å². The van der Waals surface area contributed by atoms with Gasteiger partial charge < -0.3 is 24.3 Å². The summed E-state index contributed by atoms with van der Waals surface area (Å²) in [5.74, 6) is -1.15. The van der Waals surface area contributed by atoms with Crippen molar-refractivity contribution in [1.82, 2.24) is 10.2 Å². The number of ether oxygens (including phenoxy) is 4. The van der Waals surface area contributed by atoms with Crippen molar-refractivity contribution in [3.05, 3.63) is 29.8 Å². The molecule has 1 N–H and O–H groups in total. The van der Waals surface area contributed by atoms with Crippen LogP contribution in [0.2, 0.25) is 0 Å². The summed E-state index contributed by atoms with van der Waals surface area (Å²) in [6, 6.07) is 6.48. The minimum Gasteiger partial charge on any atom is -0.497 e. The van der Waals surface area contributed by atoms with Crippen molar-refractivity contribution in [2.24, 2.45) is 11.8 Å². The number of benzene rings is 1. The Morgan fingerprint density at radius 3 is 2.41 bits per heavy atom. The maximum Gasteiger partial charge on any atom is 0.223 e. The molecule has 3 aliphatic heterocycles. The van der Waals surface area contributed by atoms with Gasteiger partial charge in [0.25, 0.3) is 0 Å². The predicted octanol–water partition coefficient (Wildman–Crippen LogP) is 2.15. The molecule has 5 atom stereocenters. The molecule has 10 heteroatoms. The van der Waals surface area contributed by atoms with Gasteiger partial charge in [-0.1, -0.05) is 19.1 Å². The zero-order valence-corrected chi connectivity index (χ0v) is 24.5. The number of methoxy groups -OCH3 is 1. The zero-order valence-electron chi connectivity index (χ0n) is 24.5. The topological polar surface area (TPSA) is 124 Å². The molecule has 0 radical (unpaired) electrons. The first-order valence-electron chi connectivity index (χ1n) is 14.7. The minimum absolute atomic E-state index is 0.0108. The first-order valence-corrected chi connectivity index (χ1v) is 14.7. The molecule has 1 aromatic rings. The zero-order chi connectivity index (χ0) is 29.4. The number of carbonyl (C=O) groups excluding carboxylic acids is 4. The molecule has 1 unspecified atom stereocenters. The molecule has 1 amide bonds. The fourth-order valence-electron chi connectivity index (χ4n) is 5.56. The van der Waals surface area contributed by atoms with E-state index in [-0.39, 0.29) is 55.2 Å². The van der Waals surface area contributed by atoms with Gasteiger partial charge in [-0.2, -0.15) is 0 Å². The molecule has 4 rings (SSSR count). The van der Waals surface area contributed by atoms with E-state index in [0.29, 0.717) is 51.7 Å². The predicted molar refractivity (Wildman–Crippen MR) is 151 cm³/mol. The molecule has 226 valence electrons. The quantitative estimate of drug-likeness (QED) is 0.297. The van der Waals surface area contributed by atoms with Crippen LogP contribution in [-0.2, 0) is 39.8 Å². The van der Waals surface area contributed by atoms with Crippen molar-refractivity contribution >= 4 is 23.3 Å². The molecule has 3 aliphatic rings. The summed E-state index contributed by atoms with van der Waals surface area (Å²) in [5.41, 5.74) is -0.00632. The van der Waals surface area contributed by atoms with Crippen LogP contribution in [0.5, 0.6) is 5.75 Å². The van der Waals surface area contributed by atoms with E-state index in [1.165, 1.54) is 0 Å². The molecule has 1 aromatic carbocycles. The first kappa shape index (κ1) is 31.3. The molecular formula is C31H44N2O8. The smallest absolute Gasteiger partial charge is 0.223 e. The summed E-state index contributed by atoms with van der Waals surface area (Å²) < 4.78 is 21.8. The molecule has 3 saturated heterocycles. The van der Waals surface area contributed by atoms with Gasteiger partial charge >= 0.3 is 0 Å². The fraction of sp³-hybridized carbons (Fsp3) is 0.677. The van der Waals surface area contributed by atoms with Crippen molar-refractivity contribution in [1.29, 1.82) is 0 Å². The summed E-state index contributed by atoms with van der Waals surface area (Å²) in [5, 5.41) is 2.92. The molecule has 0 spiro atoms. The third-order valence-electron chi connectivity index (χ3n) is 8.28. The molecule has 0 bridgehead atoms. The Kier molecular flexibility index (Phi) is 11.1. The highest BCUT2D eigenvalue weighted by molar-refractivity contribution is 5.97. The van der Waals surface area contributed by atoms with Crippen LogP contribution in [0.25, 0.3) is 0 Å². The van der Waals surface area contributed by atoms with Crippen LogP contribution in [-0.4, -0.2) is 99.1 Å². The summed E-state index contributed by atoms with van der Waals surface area (Å²) in [6.07, 6.45) is 2.53. The lowest BCUT2D eigenvalue weighted by Gasteiger charge is -2.26. The number of morpholine rings is 1.